The number of halogens is 1. The van der Waals surface area contributed by atoms with E-state index in [1.54, 1.807) is 12.3 Å². The lowest BCUT2D eigenvalue weighted by molar-refractivity contribution is -0.385. The second-order valence-electron chi connectivity index (χ2n) is 2.49. The van der Waals surface area contributed by atoms with Gasteiger partial charge < -0.3 is 0 Å². The van der Waals surface area contributed by atoms with E-state index in [9.17, 15) is 10.1 Å². The molecule has 0 unspecified atom stereocenters. The van der Waals surface area contributed by atoms with Gasteiger partial charge in [0, 0.05) is 29.4 Å². The van der Waals surface area contributed by atoms with Gasteiger partial charge in [-0.05, 0) is 6.07 Å². The van der Waals surface area contributed by atoms with Gasteiger partial charge in [-0.3, -0.25) is 10.1 Å². The molecule has 0 spiro atoms. The molecule has 66 valence electrons. The predicted molar refractivity (Wildman–Crippen MR) is 47.6 cm³/mol. The van der Waals surface area contributed by atoms with Gasteiger partial charge in [-0.1, -0.05) is 0 Å². The Kier molecular flexibility index (Phi) is 1.66. The molecule has 0 bridgehead atoms. The number of nitro groups is 1. The van der Waals surface area contributed by atoms with Crippen molar-refractivity contribution in [1.29, 1.82) is 0 Å². The van der Waals surface area contributed by atoms with Crippen LogP contribution in [0.25, 0.3) is 11.0 Å². The lowest BCUT2D eigenvalue weighted by Crippen LogP contribution is -1.89. The summed E-state index contributed by atoms with van der Waals surface area (Å²) in [6, 6.07) is 3.10. The zero-order chi connectivity index (χ0) is 9.42. The molecule has 0 aromatic carbocycles. The van der Waals surface area contributed by atoms with E-state index in [0.29, 0.717) is 11.0 Å². The molecule has 5 nitrogen and oxygen atoms in total. The van der Waals surface area contributed by atoms with E-state index in [2.05, 4.69) is 4.98 Å². The molecular formula is C7H4ClN3O2. The summed E-state index contributed by atoms with van der Waals surface area (Å²) in [5, 5.41) is 11.0. The molecule has 0 N–H and O–H groups in total. The number of fused-ring (bicyclic) bond motifs is 1. The summed E-state index contributed by atoms with van der Waals surface area (Å²) < 4.78 is 1.29. The number of nitrogens with zero attached hydrogens (tertiary/aromatic N) is 3. The van der Waals surface area contributed by atoms with Gasteiger partial charge in [-0.2, -0.15) is 0 Å². The van der Waals surface area contributed by atoms with Crippen molar-refractivity contribution in [2.75, 3.05) is 0 Å². The standard InChI is InChI=1S/C7H4ClN3O2/c8-10-2-1-5-3-6(11(12)13)4-9-7(5)10/h1-4H. The minimum absolute atomic E-state index is 0.0321. The molecule has 0 saturated heterocycles. The smallest absolute Gasteiger partial charge is 0.258 e. The zero-order valence-electron chi connectivity index (χ0n) is 6.35. The van der Waals surface area contributed by atoms with E-state index >= 15 is 0 Å². The quantitative estimate of drug-likeness (QED) is 0.519. The summed E-state index contributed by atoms with van der Waals surface area (Å²) in [5.41, 5.74) is 0.489. The van der Waals surface area contributed by atoms with Gasteiger partial charge in [0.15, 0.2) is 5.65 Å². The van der Waals surface area contributed by atoms with E-state index in [4.69, 9.17) is 11.8 Å². The van der Waals surface area contributed by atoms with Gasteiger partial charge in [0.05, 0.1) is 4.92 Å². The maximum absolute atomic E-state index is 10.4. The Morgan fingerprint density at radius 1 is 1.62 bits per heavy atom. The third-order valence-corrected chi connectivity index (χ3v) is 1.95. The van der Waals surface area contributed by atoms with Gasteiger partial charge >= 0.3 is 0 Å². The molecule has 0 aliphatic rings. The van der Waals surface area contributed by atoms with Crippen LogP contribution in [-0.4, -0.2) is 14.0 Å². The monoisotopic (exact) mass is 197 g/mol. The van der Waals surface area contributed by atoms with Crippen LogP contribution in [0.15, 0.2) is 24.5 Å². The van der Waals surface area contributed by atoms with Crippen LogP contribution >= 0.6 is 11.8 Å². The second kappa shape index (κ2) is 2.70. The van der Waals surface area contributed by atoms with Crippen LogP contribution in [0.5, 0.6) is 0 Å². The second-order valence-corrected chi connectivity index (χ2v) is 2.85. The molecular weight excluding hydrogens is 194 g/mol. The number of hydrogen-bond donors (Lipinski definition) is 0. The van der Waals surface area contributed by atoms with Crippen LogP contribution in [0.3, 0.4) is 0 Å². The first-order valence-electron chi connectivity index (χ1n) is 3.46. The Hall–Kier alpha value is -1.62. The minimum atomic E-state index is -0.488. The van der Waals surface area contributed by atoms with Crippen LogP contribution < -0.4 is 0 Å². The molecule has 0 radical (unpaired) electrons. The van der Waals surface area contributed by atoms with Crippen molar-refractivity contribution in [1.82, 2.24) is 9.07 Å². The van der Waals surface area contributed by atoms with Gasteiger partial charge in [-0.15, -0.1) is 0 Å². The topological polar surface area (TPSA) is 61.0 Å². The third-order valence-electron chi connectivity index (χ3n) is 1.68. The maximum Gasteiger partial charge on any atom is 0.288 e. The van der Waals surface area contributed by atoms with Crippen molar-refractivity contribution in [3.05, 3.63) is 34.6 Å². The molecule has 0 aliphatic carbocycles. The fourth-order valence-corrected chi connectivity index (χ4v) is 1.28. The number of hydrogen-bond acceptors (Lipinski definition) is 3. The molecule has 0 saturated carbocycles. The molecule has 2 aromatic heterocycles. The molecule has 0 aliphatic heterocycles. The summed E-state index contributed by atoms with van der Waals surface area (Å²) in [5.74, 6) is 0. The largest absolute Gasteiger partial charge is 0.288 e. The highest BCUT2D eigenvalue weighted by Crippen LogP contribution is 2.19. The Balaban J connectivity index is 2.70. The van der Waals surface area contributed by atoms with E-state index in [1.807, 2.05) is 0 Å². The van der Waals surface area contributed by atoms with Crippen LogP contribution in [0.1, 0.15) is 0 Å². The first-order valence-corrected chi connectivity index (χ1v) is 3.80. The van der Waals surface area contributed by atoms with Crippen LogP contribution in [-0.2, 0) is 0 Å². The fourth-order valence-electron chi connectivity index (χ4n) is 1.08. The van der Waals surface area contributed by atoms with Crippen molar-refractivity contribution in [2.45, 2.75) is 0 Å². The average Bonchev–Trinajstić information content (AvgIpc) is 2.47. The molecule has 2 heterocycles. The van der Waals surface area contributed by atoms with Crippen molar-refractivity contribution in [3.8, 4) is 0 Å². The van der Waals surface area contributed by atoms with Crippen LogP contribution in [0, 0.1) is 10.1 Å². The summed E-state index contributed by atoms with van der Waals surface area (Å²) in [6.07, 6.45) is 2.77. The van der Waals surface area contributed by atoms with Gasteiger partial charge in [-0.25, -0.2) is 9.07 Å². The lowest BCUT2D eigenvalue weighted by atomic mass is 10.3. The van der Waals surface area contributed by atoms with Crippen LogP contribution in [0.4, 0.5) is 5.69 Å². The van der Waals surface area contributed by atoms with Crippen molar-refractivity contribution in [2.24, 2.45) is 0 Å². The van der Waals surface area contributed by atoms with Crippen molar-refractivity contribution >= 4 is 28.5 Å². The molecule has 0 fully saturated rings. The highest BCUT2D eigenvalue weighted by molar-refractivity contribution is 6.18. The Labute approximate surface area is 77.8 Å². The highest BCUT2D eigenvalue weighted by atomic mass is 35.5. The van der Waals surface area contributed by atoms with E-state index in [0.717, 1.165) is 0 Å². The minimum Gasteiger partial charge on any atom is -0.258 e. The van der Waals surface area contributed by atoms with E-state index < -0.39 is 4.92 Å². The van der Waals surface area contributed by atoms with E-state index in [-0.39, 0.29) is 5.69 Å². The summed E-state index contributed by atoms with van der Waals surface area (Å²) >= 11 is 5.69. The van der Waals surface area contributed by atoms with Crippen molar-refractivity contribution in [3.63, 3.8) is 0 Å². The fraction of sp³-hybridized carbons (Fsp3) is 0. The molecule has 2 rings (SSSR count). The SMILES string of the molecule is O=[N+]([O-])c1cnc2c(ccn2Cl)c1. The van der Waals surface area contributed by atoms with Crippen molar-refractivity contribution < 1.29 is 4.92 Å². The summed E-state index contributed by atoms with van der Waals surface area (Å²) in [7, 11) is 0. The number of aromatic nitrogens is 2. The molecule has 13 heavy (non-hydrogen) atoms. The average molecular weight is 198 g/mol. The third kappa shape index (κ3) is 1.23. The number of rotatable bonds is 1. The lowest BCUT2D eigenvalue weighted by Gasteiger charge is -1.92. The van der Waals surface area contributed by atoms with Gasteiger partial charge in [0.1, 0.15) is 6.20 Å². The molecule has 0 atom stereocenters. The highest BCUT2D eigenvalue weighted by Gasteiger charge is 2.08. The van der Waals surface area contributed by atoms with E-state index in [1.165, 1.54) is 16.3 Å². The van der Waals surface area contributed by atoms with Gasteiger partial charge in [0.25, 0.3) is 5.69 Å². The summed E-state index contributed by atoms with van der Waals surface area (Å²) in [4.78, 5) is 13.7. The molecule has 2 aromatic rings. The Bertz CT molecular complexity index is 480. The first kappa shape index (κ1) is 8.00. The summed E-state index contributed by atoms with van der Waals surface area (Å²) in [6.45, 7) is 0. The Morgan fingerprint density at radius 2 is 2.38 bits per heavy atom. The van der Waals surface area contributed by atoms with Crippen LogP contribution in [0.2, 0.25) is 0 Å². The predicted octanol–water partition coefficient (Wildman–Crippen LogP) is 1.95. The normalized spacial score (nSPS) is 10.5. The molecule has 0 amide bonds. The zero-order valence-corrected chi connectivity index (χ0v) is 7.10. The first-order chi connectivity index (χ1) is 6.18. The Morgan fingerprint density at radius 3 is 3.08 bits per heavy atom. The van der Waals surface area contributed by atoms with Gasteiger partial charge in [0.2, 0.25) is 0 Å². The molecule has 6 heteroatoms. The number of pyridine rings is 1. The maximum atomic E-state index is 10.4.